The molecule has 0 aliphatic carbocycles. The first-order valence-corrected chi connectivity index (χ1v) is 20.3. The highest BCUT2D eigenvalue weighted by molar-refractivity contribution is 6.42. The van der Waals surface area contributed by atoms with Gasteiger partial charge in [-0.25, -0.2) is 0 Å². The van der Waals surface area contributed by atoms with E-state index in [2.05, 4.69) is 50.5 Å². The lowest BCUT2D eigenvalue weighted by Crippen LogP contribution is -2.45. The SMILES string of the molecule is CN1CCN(CCOc2ccc(OB(Oc3ccc(OCCN4CCN(C)CC4)cc3Cl)Oc3ccc(OCCN4CCN(C)CC4)cc3Cl)c(Cl)c2)CC1. The molecule has 300 valence electrons. The lowest BCUT2D eigenvalue weighted by molar-refractivity contribution is 0.133. The van der Waals surface area contributed by atoms with Crippen LogP contribution in [-0.4, -0.2) is 176 Å². The van der Waals surface area contributed by atoms with Crippen molar-refractivity contribution in [2.24, 2.45) is 0 Å². The van der Waals surface area contributed by atoms with Crippen LogP contribution in [0.2, 0.25) is 15.1 Å². The molecule has 0 aromatic heterocycles. The van der Waals surface area contributed by atoms with Gasteiger partial charge in [-0.3, -0.25) is 14.7 Å². The lowest BCUT2D eigenvalue weighted by Gasteiger charge is -2.32. The van der Waals surface area contributed by atoms with Crippen molar-refractivity contribution in [2.45, 2.75) is 0 Å². The number of hydrogen-bond acceptors (Lipinski definition) is 12. The predicted molar refractivity (Wildman–Crippen MR) is 220 cm³/mol. The third kappa shape index (κ3) is 13.4. The second-order valence-corrected chi connectivity index (χ2v) is 15.6. The highest BCUT2D eigenvalue weighted by Crippen LogP contribution is 2.34. The first-order valence-electron chi connectivity index (χ1n) is 19.2. The monoisotopic (exact) mass is 818 g/mol. The standard InChI is InChI=1S/C39H54BCl3N6O6/c1-44-10-16-47(17-11-44)22-25-50-31-4-7-37(34(41)28-31)53-40(54-38-8-5-32(29-35(38)42)51-26-23-48-18-12-45(2)13-19-48)55-39-9-6-33(30-36(39)43)52-27-24-49-20-14-46(3)15-21-49/h4-9,28-30H,10-27H2,1-3H3. The normalized spacial score (nSPS) is 18.2. The summed E-state index contributed by atoms with van der Waals surface area (Å²) in [5, 5.41) is 0.999. The van der Waals surface area contributed by atoms with Crippen molar-refractivity contribution >= 4 is 42.1 Å². The van der Waals surface area contributed by atoms with Gasteiger partial charge in [-0.05, 0) is 57.5 Å². The van der Waals surface area contributed by atoms with Crippen LogP contribution in [0.15, 0.2) is 54.6 Å². The van der Waals surface area contributed by atoms with Gasteiger partial charge in [-0.2, -0.15) is 0 Å². The summed E-state index contributed by atoms with van der Waals surface area (Å²) in [6.07, 6.45) is 0. The Morgan fingerprint density at radius 2 is 0.709 bits per heavy atom. The summed E-state index contributed by atoms with van der Waals surface area (Å²) < 4.78 is 36.8. The fraction of sp³-hybridized carbons (Fsp3) is 0.538. The molecule has 55 heavy (non-hydrogen) atoms. The molecular weight excluding hydrogens is 766 g/mol. The Hall–Kier alpha value is -2.85. The van der Waals surface area contributed by atoms with Crippen molar-refractivity contribution in [1.29, 1.82) is 0 Å². The van der Waals surface area contributed by atoms with Gasteiger partial charge in [0.05, 0.1) is 15.1 Å². The zero-order valence-corrected chi connectivity index (χ0v) is 34.5. The number of rotatable bonds is 18. The van der Waals surface area contributed by atoms with Crippen molar-refractivity contribution in [2.75, 3.05) is 139 Å². The third-order valence-electron chi connectivity index (χ3n) is 10.2. The van der Waals surface area contributed by atoms with Crippen LogP contribution in [0.5, 0.6) is 34.5 Å². The maximum absolute atomic E-state index is 6.72. The van der Waals surface area contributed by atoms with Gasteiger partial charge in [0.25, 0.3) is 0 Å². The summed E-state index contributed by atoms with van der Waals surface area (Å²) in [6.45, 7) is 16.7. The van der Waals surface area contributed by atoms with Crippen molar-refractivity contribution in [3.05, 3.63) is 69.7 Å². The maximum atomic E-state index is 6.72. The Balaban J connectivity index is 1.08. The number of hydrogen-bond donors (Lipinski definition) is 0. The first kappa shape index (κ1) is 41.8. The van der Waals surface area contributed by atoms with Gasteiger partial charge < -0.3 is 42.9 Å². The number of nitrogens with zero attached hydrogens (tertiary/aromatic N) is 6. The van der Waals surface area contributed by atoms with Gasteiger partial charge in [-0.1, -0.05) is 34.8 Å². The van der Waals surface area contributed by atoms with Gasteiger partial charge in [0.1, 0.15) is 54.3 Å². The van der Waals surface area contributed by atoms with Gasteiger partial charge in [0, 0.05) is 116 Å². The van der Waals surface area contributed by atoms with E-state index in [1.807, 2.05) is 18.2 Å². The minimum atomic E-state index is -1.32. The molecule has 0 amide bonds. The Bertz CT molecular complexity index is 1450. The predicted octanol–water partition coefficient (Wildman–Crippen LogP) is 5.05. The molecule has 0 spiro atoms. The molecule has 16 heteroatoms. The lowest BCUT2D eigenvalue weighted by atomic mass is 10.2. The Morgan fingerprint density at radius 1 is 0.436 bits per heavy atom. The van der Waals surface area contributed by atoms with E-state index in [4.69, 9.17) is 63.0 Å². The van der Waals surface area contributed by atoms with Crippen molar-refractivity contribution < 1.29 is 28.2 Å². The second kappa shape index (κ2) is 21.1. The topological polar surface area (TPSA) is 74.8 Å². The molecule has 3 aliphatic heterocycles. The zero-order valence-electron chi connectivity index (χ0n) is 32.3. The van der Waals surface area contributed by atoms with Crippen LogP contribution in [-0.2, 0) is 0 Å². The highest BCUT2D eigenvalue weighted by Gasteiger charge is 2.33. The fourth-order valence-electron chi connectivity index (χ4n) is 6.48. The summed E-state index contributed by atoms with van der Waals surface area (Å²) in [7, 11) is 5.13. The highest BCUT2D eigenvalue weighted by atomic mass is 35.5. The molecule has 0 radical (unpaired) electrons. The van der Waals surface area contributed by atoms with Crippen LogP contribution in [0, 0.1) is 0 Å². The summed E-state index contributed by atoms with van der Waals surface area (Å²) in [5.74, 6) is 2.92. The number of ether oxygens (including phenoxy) is 3. The van der Waals surface area contributed by atoms with E-state index in [1.165, 1.54) is 0 Å². The molecule has 0 atom stereocenters. The smallest absolute Gasteiger partial charge is 0.492 e. The van der Waals surface area contributed by atoms with Crippen molar-refractivity contribution in [1.82, 2.24) is 29.4 Å². The van der Waals surface area contributed by atoms with Gasteiger partial charge in [0.15, 0.2) is 0 Å². The molecule has 0 saturated carbocycles. The van der Waals surface area contributed by atoms with E-state index in [1.54, 1.807) is 36.4 Å². The molecule has 12 nitrogen and oxygen atoms in total. The van der Waals surface area contributed by atoms with Crippen LogP contribution in [0.3, 0.4) is 0 Å². The van der Waals surface area contributed by atoms with Crippen LogP contribution in [0.25, 0.3) is 0 Å². The van der Waals surface area contributed by atoms with E-state index in [0.29, 0.717) is 69.4 Å². The average molecular weight is 820 g/mol. The minimum Gasteiger partial charge on any atom is -0.492 e. The van der Waals surface area contributed by atoms with Crippen LogP contribution < -0.4 is 28.2 Å². The molecule has 3 aliphatic rings. The van der Waals surface area contributed by atoms with Crippen molar-refractivity contribution in [3.8, 4) is 34.5 Å². The fourth-order valence-corrected chi connectivity index (χ4v) is 7.12. The average Bonchev–Trinajstić information content (AvgIpc) is 3.17. The van der Waals surface area contributed by atoms with E-state index in [0.717, 1.165) is 98.2 Å². The molecule has 3 heterocycles. The van der Waals surface area contributed by atoms with E-state index in [-0.39, 0.29) is 0 Å². The van der Waals surface area contributed by atoms with Crippen LogP contribution in [0.4, 0.5) is 0 Å². The molecule has 3 aromatic rings. The summed E-state index contributed by atoms with van der Waals surface area (Å²) in [5.41, 5.74) is 0. The van der Waals surface area contributed by atoms with E-state index < -0.39 is 7.32 Å². The Morgan fingerprint density at radius 3 is 0.964 bits per heavy atom. The minimum absolute atomic E-state index is 0.332. The molecule has 3 aromatic carbocycles. The Labute approximate surface area is 341 Å². The molecule has 3 fully saturated rings. The summed E-state index contributed by atoms with van der Waals surface area (Å²) >= 11 is 20.2. The molecule has 0 bridgehead atoms. The number of piperazine rings is 3. The largest absolute Gasteiger partial charge is 0.864 e. The third-order valence-corrected chi connectivity index (χ3v) is 11.1. The molecule has 3 saturated heterocycles. The molecule has 0 unspecified atom stereocenters. The zero-order chi connectivity index (χ0) is 38.6. The number of halogens is 3. The van der Waals surface area contributed by atoms with Gasteiger partial charge in [-0.15, -0.1) is 0 Å². The van der Waals surface area contributed by atoms with E-state index in [9.17, 15) is 0 Å². The number of benzene rings is 3. The summed E-state index contributed by atoms with van der Waals surface area (Å²) in [6, 6.07) is 15.8. The van der Waals surface area contributed by atoms with Gasteiger partial charge in [0.2, 0.25) is 0 Å². The molecule has 6 rings (SSSR count). The quantitative estimate of drug-likeness (QED) is 0.162. The van der Waals surface area contributed by atoms with Crippen LogP contribution in [0.1, 0.15) is 0 Å². The van der Waals surface area contributed by atoms with Crippen molar-refractivity contribution in [3.63, 3.8) is 0 Å². The number of likely N-dealkylation sites (N-methyl/N-ethyl adjacent to an activating group) is 3. The van der Waals surface area contributed by atoms with Crippen LogP contribution >= 0.6 is 34.8 Å². The maximum Gasteiger partial charge on any atom is 0.864 e. The van der Waals surface area contributed by atoms with E-state index >= 15 is 0 Å². The molecular formula is C39H54BCl3N6O6. The molecule has 0 N–H and O–H groups in total. The van der Waals surface area contributed by atoms with Gasteiger partial charge >= 0.3 is 7.32 Å². The first-order chi connectivity index (χ1) is 26.7. The second-order valence-electron chi connectivity index (χ2n) is 14.4. The Kier molecular flexibility index (Phi) is 16.0. The summed E-state index contributed by atoms with van der Waals surface area (Å²) in [4.78, 5) is 14.2.